The van der Waals surface area contributed by atoms with Crippen LogP contribution in [-0.4, -0.2) is 48.4 Å². The van der Waals surface area contributed by atoms with Gasteiger partial charge in [-0.1, -0.05) is 0 Å². The van der Waals surface area contributed by atoms with Gasteiger partial charge < -0.3 is 19.9 Å². The maximum Gasteiger partial charge on any atom is 0.337 e. The number of aliphatic carboxylic acids is 1. The van der Waals surface area contributed by atoms with Crippen molar-refractivity contribution in [3.8, 4) is 0 Å². The molecule has 3 unspecified atom stereocenters. The summed E-state index contributed by atoms with van der Waals surface area (Å²) >= 11 is 0. The normalized spacial score (nSPS) is 23.9. The molecular weight excluding hydrogens is 262 g/mol. The van der Waals surface area contributed by atoms with Gasteiger partial charge >= 0.3 is 11.9 Å². The molecule has 0 bridgehead atoms. The lowest BCUT2D eigenvalue weighted by molar-refractivity contribution is -0.185. The Balaban J connectivity index is 3.03. The number of carbonyl (C=O) groups is 2. The largest absolute Gasteiger partial charge is 0.481 e. The fourth-order valence-electron chi connectivity index (χ4n) is 2.58. The monoisotopic (exact) mass is 287 g/mol. The number of hydrogen-bond donors (Lipinski definition) is 2. The topological polar surface area (TPSA) is 84.9 Å². The van der Waals surface area contributed by atoms with Crippen molar-refractivity contribution in [2.24, 2.45) is 5.41 Å². The molecule has 20 heavy (non-hydrogen) atoms. The lowest BCUT2D eigenvalue weighted by Crippen LogP contribution is -2.57. The number of carboxylic acids is 1. The molecule has 1 heterocycles. The molecule has 1 fully saturated rings. The molecule has 0 saturated carbocycles. The van der Waals surface area contributed by atoms with Crippen molar-refractivity contribution in [3.63, 3.8) is 0 Å². The number of esters is 1. The maximum absolute atomic E-state index is 12.3. The van der Waals surface area contributed by atoms with E-state index in [-0.39, 0.29) is 6.04 Å². The Hall–Kier alpha value is -1.14. The van der Waals surface area contributed by atoms with Gasteiger partial charge in [0.25, 0.3) is 0 Å². The maximum atomic E-state index is 12.3. The summed E-state index contributed by atoms with van der Waals surface area (Å²) in [5.74, 6) is -1.70. The zero-order valence-electron chi connectivity index (χ0n) is 12.9. The molecule has 0 aliphatic carbocycles. The first-order valence-electron chi connectivity index (χ1n) is 6.85. The second-order valence-electron chi connectivity index (χ2n) is 6.39. The molecule has 0 aromatic carbocycles. The van der Waals surface area contributed by atoms with E-state index >= 15 is 0 Å². The second-order valence-corrected chi connectivity index (χ2v) is 6.39. The molecule has 2 N–H and O–H groups in total. The first-order chi connectivity index (χ1) is 9.13. The van der Waals surface area contributed by atoms with Crippen molar-refractivity contribution in [3.05, 3.63) is 0 Å². The van der Waals surface area contributed by atoms with Crippen LogP contribution in [0, 0.1) is 5.41 Å². The Morgan fingerprint density at radius 1 is 1.30 bits per heavy atom. The van der Waals surface area contributed by atoms with E-state index in [4.69, 9.17) is 9.47 Å². The second kappa shape index (κ2) is 6.10. The van der Waals surface area contributed by atoms with E-state index in [0.717, 1.165) is 13.0 Å². The van der Waals surface area contributed by atoms with Crippen LogP contribution in [0.5, 0.6) is 0 Å². The van der Waals surface area contributed by atoms with Crippen LogP contribution in [0.1, 0.15) is 40.5 Å². The zero-order valence-corrected chi connectivity index (χ0v) is 12.9. The van der Waals surface area contributed by atoms with E-state index in [0.29, 0.717) is 6.42 Å². The Bertz CT molecular complexity index is 370. The summed E-state index contributed by atoms with van der Waals surface area (Å²) in [5.41, 5.74) is -2.04. The highest BCUT2D eigenvalue weighted by atomic mass is 16.6. The van der Waals surface area contributed by atoms with Gasteiger partial charge in [0.15, 0.2) is 6.10 Å². The number of rotatable bonds is 5. The van der Waals surface area contributed by atoms with E-state index < -0.39 is 29.1 Å². The predicted molar refractivity (Wildman–Crippen MR) is 73.4 cm³/mol. The predicted octanol–water partition coefficient (Wildman–Crippen LogP) is 1.19. The van der Waals surface area contributed by atoms with Crippen LogP contribution in [0.2, 0.25) is 0 Å². The lowest BCUT2D eigenvalue weighted by atomic mass is 9.76. The fraction of sp³-hybridized carbons (Fsp3) is 0.857. The van der Waals surface area contributed by atoms with Crippen LogP contribution >= 0.6 is 0 Å². The van der Waals surface area contributed by atoms with Gasteiger partial charge in [-0.05, 0) is 47.1 Å². The average Bonchev–Trinajstić information content (AvgIpc) is 2.80. The molecule has 1 aliphatic heterocycles. The fourth-order valence-corrected chi connectivity index (χ4v) is 2.58. The van der Waals surface area contributed by atoms with Crippen molar-refractivity contribution < 1.29 is 24.2 Å². The van der Waals surface area contributed by atoms with Crippen LogP contribution in [-0.2, 0) is 19.1 Å². The van der Waals surface area contributed by atoms with Gasteiger partial charge in [0, 0.05) is 13.2 Å². The molecule has 6 nitrogen and oxygen atoms in total. The SMILES string of the molecule is COC(C(=O)OC(C)(C)C)C(C)(C(=O)O)C1CCCN1. The molecule has 1 rings (SSSR count). The number of hydrogen-bond acceptors (Lipinski definition) is 5. The standard InChI is InChI=1S/C14H25NO5/c1-13(2,3)20-11(16)10(19-5)14(4,12(17)18)9-7-6-8-15-9/h9-10,15H,6-8H2,1-5H3,(H,17,18). The number of carbonyl (C=O) groups excluding carboxylic acids is 1. The number of methoxy groups -OCH3 is 1. The van der Waals surface area contributed by atoms with Crippen molar-refractivity contribution in [2.45, 2.75) is 58.3 Å². The van der Waals surface area contributed by atoms with E-state index in [9.17, 15) is 14.7 Å². The number of ether oxygens (including phenoxy) is 2. The first kappa shape index (κ1) is 16.9. The smallest absolute Gasteiger partial charge is 0.337 e. The van der Waals surface area contributed by atoms with Crippen LogP contribution in [0.25, 0.3) is 0 Å². The van der Waals surface area contributed by atoms with Gasteiger partial charge in [-0.3, -0.25) is 4.79 Å². The van der Waals surface area contributed by atoms with Crippen molar-refractivity contribution in [1.82, 2.24) is 5.32 Å². The summed E-state index contributed by atoms with van der Waals surface area (Å²) in [6.45, 7) is 7.51. The molecule has 0 aromatic rings. The van der Waals surface area contributed by atoms with Gasteiger partial charge in [0.05, 0.1) is 0 Å². The molecule has 116 valence electrons. The van der Waals surface area contributed by atoms with E-state index in [1.54, 1.807) is 20.8 Å². The lowest BCUT2D eigenvalue weighted by Gasteiger charge is -2.37. The summed E-state index contributed by atoms with van der Waals surface area (Å²) in [4.78, 5) is 24.0. The Morgan fingerprint density at radius 3 is 2.25 bits per heavy atom. The van der Waals surface area contributed by atoms with E-state index in [1.807, 2.05) is 0 Å². The highest BCUT2D eigenvalue weighted by molar-refractivity contribution is 5.86. The van der Waals surface area contributed by atoms with Crippen molar-refractivity contribution in [2.75, 3.05) is 13.7 Å². The van der Waals surface area contributed by atoms with Crippen LogP contribution in [0.3, 0.4) is 0 Å². The molecule has 6 heteroatoms. The first-order valence-corrected chi connectivity index (χ1v) is 6.85. The minimum Gasteiger partial charge on any atom is -0.481 e. The molecule has 0 radical (unpaired) electrons. The third kappa shape index (κ3) is 3.49. The number of carboxylic acid groups (broad SMARTS) is 1. The van der Waals surface area contributed by atoms with Gasteiger partial charge in [-0.15, -0.1) is 0 Å². The van der Waals surface area contributed by atoms with Crippen LogP contribution < -0.4 is 5.32 Å². The summed E-state index contributed by atoms with van der Waals surface area (Å²) in [5, 5.41) is 12.8. The molecule has 0 spiro atoms. The van der Waals surface area contributed by atoms with E-state index in [1.165, 1.54) is 14.0 Å². The Labute approximate surface area is 119 Å². The molecule has 3 atom stereocenters. The highest BCUT2D eigenvalue weighted by Gasteiger charge is 2.53. The van der Waals surface area contributed by atoms with Gasteiger partial charge in [0.2, 0.25) is 0 Å². The highest BCUT2D eigenvalue weighted by Crippen LogP contribution is 2.34. The van der Waals surface area contributed by atoms with Crippen LogP contribution in [0.15, 0.2) is 0 Å². The third-order valence-electron chi connectivity index (χ3n) is 3.65. The molecule has 0 amide bonds. The molecule has 1 aliphatic rings. The van der Waals surface area contributed by atoms with Crippen molar-refractivity contribution >= 4 is 11.9 Å². The van der Waals surface area contributed by atoms with Gasteiger partial charge in [-0.25, -0.2) is 4.79 Å². The molecular formula is C14H25NO5. The average molecular weight is 287 g/mol. The number of nitrogens with one attached hydrogen (secondary N) is 1. The zero-order chi connectivity index (χ0) is 15.6. The van der Waals surface area contributed by atoms with Gasteiger partial charge in [-0.2, -0.15) is 0 Å². The summed E-state index contributed by atoms with van der Waals surface area (Å²) in [6.07, 6.45) is 0.443. The Kier molecular flexibility index (Phi) is 5.15. The Morgan fingerprint density at radius 2 is 1.90 bits per heavy atom. The van der Waals surface area contributed by atoms with Crippen LogP contribution in [0.4, 0.5) is 0 Å². The van der Waals surface area contributed by atoms with Crippen molar-refractivity contribution in [1.29, 1.82) is 0 Å². The molecule has 1 saturated heterocycles. The minimum atomic E-state index is -1.35. The summed E-state index contributed by atoms with van der Waals surface area (Å²) < 4.78 is 10.5. The summed E-state index contributed by atoms with van der Waals surface area (Å²) in [6, 6.07) is -0.308. The van der Waals surface area contributed by atoms with Gasteiger partial charge in [0.1, 0.15) is 11.0 Å². The van der Waals surface area contributed by atoms with E-state index in [2.05, 4.69) is 5.32 Å². The molecule has 0 aromatic heterocycles. The third-order valence-corrected chi connectivity index (χ3v) is 3.65. The minimum absolute atomic E-state index is 0.308. The summed E-state index contributed by atoms with van der Waals surface area (Å²) in [7, 11) is 1.34. The quantitative estimate of drug-likeness (QED) is 0.739.